The maximum atomic E-state index is 11.4. The molecule has 5 nitrogen and oxygen atoms in total. The molecule has 1 fully saturated rings. The number of nitrogens with one attached hydrogen (secondary N) is 1. The molecule has 0 aromatic rings. The van der Waals surface area contributed by atoms with Crippen LogP contribution in [-0.4, -0.2) is 43.1 Å². The molecule has 0 radical (unpaired) electrons. The van der Waals surface area contributed by atoms with Gasteiger partial charge in [-0.2, -0.15) is 0 Å². The molecule has 1 heterocycles. The zero-order chi connectivity index (χ0) is 12.8. The Bertz CT molecular complexity index is 281. The van der Waals surface area contributed by atoms with Gasteiger partial charge in [0.25, 0.3) is 0 Å². The van der Waals surface area contributed by atoms with Crippen LogP contribution in [-0.2, 0) is 9.53 Å². The average molecular weight is 242 g/mol. The second kappa shape index (κ2) is 6.47. The molecule has 1 rings (SSSR count). The lowest BCUT2D eigenvalue weighted by Crippen LogP contribution is -2.32. The van der Waals surface area contributed by atoms with Gasteiger partial charge < -0.3 is 15.0 Å². The van der Waals surface area contributed by atoms with Gasteiger partial charge in [-0.3, -0.25) is 4.79 Å². The van der Waals surface area contributed by atoms with Crippen molar-refractivity contribution < 1.29 is 14.3 Å². The van der Waals surface area contributed by atoms with E-state index in [1.165, 1.54) is 7.11 Å². The van der Waals surface area contributed by atoms with Gasteiger partial charge in [0.05, 0.1) is 13.2 Å². The molecule has 2 atom stereocenters. The molecule has 1 aliphatic rings. The molecule has 1 saturated heterocycles. The Kier molecular flexibility index (Phi) is 5.25. The van der Waals surface area contributed by atoms with Crippen molar-refractivity contribution in [2.24, 2.45) is 0 Å². The fourth-order valence-corrected chi connectivity index (χ4v) is 2.22. The number of carbonyl (C=O) groups is 2. The number of esters is 1. The molecule has 1 aliphatic heterocycles. The van der Waals surface area contributed by atoms with Gasteiger partial charge in [0.2, 0.25) is 0 Å². The van der Waals surface area contributed by atoms with Crippen molar-refractivity contribution in [3.8, 4) is 0 Å². The number of methoxy groups -OCH3 is 1. The molecule has 0 aromatic carbocycles. The van der Waals surface area contributed by atoms with E-state index in [0.29, 0.717) is 6.42 Å². The standard InChI is InChI=1S/C12H22N2O3/c1-9-10(14(2)12(16)13-9)7-5-4-6-8-11(15)17-3/h9-10H,4-8H2,1-3H3,(H,13,16)/t9-,10+/m0/s1. The first-order valence-corrected chi connectivity index (χ1v) is 6.16. The monoisotopic (exact) mass is 242 g/mol. The topological polar surface area (TPSA) is 58.6 Å². The Labute approximate surface area is 102 Å². The van der Waals surface area contributed by atoms with E-state index in [1.807, 2.05) is 14.0 Å². The zero-order valence-electron chi connectivity index (χ0n) is 10.9. The van der Waals surface area contributed by atoms with Crippen LogP contribution in [0.2, 0.25) is 0 Å². The summed E-state index contributed by atoms with van der Waals surface area (Å²) in [6.45, 7) is 2.03. The number of hydrogen-bond donors (Lipinski definition) is 1. The van der Waals surface area contributed by atoms with E-state index in [-0.39, 0.29) is 24.1 Å². The predicted octanol–water partition coefficient (Wildman–Crippen LogP) is 1.52. The molecule has 0 aliphatic carbocycles. The first-order chi connectivity index (χ1) is 8.06. The molecule has 0 aromatic heterocycles. The van der Waals surface area contributed by atoms with Gasteiger partial charge in [-0.25, -0.2) is 4.79 Å². The lowest BCUT2D eigenvalue weighted by molar-refractivity contribution is -0.140. The third-order valence-electron chi connectivity index (χ3n) is 3.35. The number of hydrogen-bond acceptors (Lipinski definition) is 3. The van der Waals surface area contributed by atoms with Crippen molar-refractivity contribution in [1.82, 2.24) is 10.2 Å². The molecule has 1 N–H and O–H groups in total. The van der Waals surface area contributed by atoms with E-state index in [4.69, 9.17) is 0 Å². The first kappa shape index (κ1) is 13.8. The van der Waals surface area contributed by atoms with E-state index in [2.05, 4.69) is 10.1 Å². The SMILES string of the molecule is COC(=O)CCCCC[C@@H]1[C@H](C)NC(=O)N1C. The minimum absolute atomic E-state index is 0.0112. The quantitative estimate of drug-likeness (QED) is 0.567. The maximum Gasteiger partial charge on any atom is 0.317 e. The van der Waals surface area contributed by atoms with Crippen LogP contribution in [0.15, 0.2) is 0 Å². The Hall–Kier alpha value is -1.26. The summed E-state index contributed by atoms with van der Waals surface area (Å²) in [6.07, 6.45) is 4.37. The predicted molar refractivity (Wildman–Crippen MR) is 64.6 cm³/mol. The summed E-state index contributed by atoms with van der Waals surface area (Å²) in [5, 5.41) is 2.90. The smallest absolute Gasteiger partial charge is 0.317 e. The van der Waals surface area contributed by atoms with Gasteiger partial charge in [0.15, 0.2) is 0 Å². The van der Waals surface area contributed by atoms with E-state index >= 15 is 0 Å². The number of likely N-dealkylation sites (N-methyl/N-ethyl adjacent to an activating group) is 1. The molecular formula is C12H22N2O3. The highest BCUT2D eigenvalue weighted by molar-refractivity contribution is 5.77. The van der Waals surface area contributed by atoms with Gasteiger partial charge in [-0.15, -0.1) is 0 Å². The first-order valence-electron chi connectivity index (χ1n) is 6.16. The Morgan fingerprint density at radius 3 is 2.65 bits per heavy atom. The number of urea groups is 1. The van der Waals surface area contributed by atoms with Crippen LogP contribution in [0.1, 0.15) is 39.0 Å². The van der Waals surface area contributed by atoms with E-state index < -0.39 is 0 Å². The summed E-state index contributed by atoms with van der Waals surface area (Å²) in [4.78, 5) is 24.0. The molecule has 0 unspecified atom stereocenters. The molecule has 0 spiro atoms. The second-order valence-corrected chi connectivity index (χ2v) is 4.59. The van der Waals surface area contributed by atoms with Crippen molar-refractivity contribution in [1.29, 1.82) is 0 Å². The number of rotatable bonds is 6. The number of amides is 2. The van der Waals surface area contributed by atoms with Crippen molar-refractivity contribution in [3.63, 3.8) is 0 Å². The Balaban J connectivity index is 2.14. The highest BCUT2D eigenvalue weighted by Gasteiger charge is 2.32. The van der Waals surface area contributed by atoms with Crippen LogP contribution >= 0.6 is 0 Å². The Morgan fingerprint density at radius 2 is 2.12 bits per heavy atom. The summed E-state index contributed by atoms with van der Waals surface area (Å²) in [6, 6.07) is 0.505. The number of ether oxygens (including phenoxy) is 1. The van der Waals surface area contributed by atoms with Gasteiger partial charge in [-0.1, -0.05) is 12.8 Å². The highest BCUT2D eigenvalue weighted by atomic mass is 16.5. The van der Waals surface area contributed by atoms with Crippen molar-refractivity contribution in [3.05, 3.63) is 0 Å². The fraction of sp³-hybridized carbons (Fsp3) is 0.833. The van der Waals surface area contributed by atoms with Crippen LogP contribution in [0.3, 0.4) is 0 Å². The van der Waals surface area contributed by atoms with Crippen molar-refractivity contribution >= 4 is 12.0 Å². The summed E-state index contributed by atoms with van der Waals surface area (Å²) in [5.41, 5.74) is 0. The normalized spacial score (nSPS) is 23.7. The van der Waals surface area contributed by atoms with Gasteiger partial charge in [0.1, 0.15) is 0 Å². The van der Waals surface area contributed by atoms with Gasteiger partial charge in [0, 0.05) is 19.5 Å². The van der Waals surface area contributed by atoms with Crippen LogP contribution in [0.5, 0.6) is 0 Å². The molecule has 2 amide bonds. The minimum Gasteiger partial charge on any atom is -0.469 e. The van der Waals surface area contributed by atoms with E-state index in [0.717, 1.165) is 25.7 Å². The third-order valence-corrected chi connectivity index (χ3v) is 3.35. The van der Waals surface area contributed by atoms with Crippen molar-refractivity contribution in [2.45, 2.75) is 51.1 Å². The third kappa shape index (κ3) is 3.91. The van der Waals surface area contributed by atoms with Gasteiger partial charge in [-0.05, 0) is 19.8 Å². The Morgan fingerprint density at radius 1 is 1.41 bits per heavy atom. The molecule has 98 valence electrons. The number of carbonyl (C=O) groups excluding carboxylic acids is 2. The molecule has 5 heteroatoms. The van der Waals surface area contributed by atoms with Crippen LogP contribution in [0.4, 0.5) is 4.79 Å². The molecule has 17 heavy (non-hydrogen) atoms. The number of unbranched alkanes of at least 4 members (excludes halogenated alkanes) is 2. The van der Waals surface area contributed by atoms with E-state index in [9.17, 15) is 9.59 Å². The fourth-order valence-electron chi connectivity index (χ4n) is 2.22. The molecule has 0 saturated carbocycles. The number of nitrogens with zero attached hydrogens (tertiary/aromatic N) is 1. The molecular weight excluding hydrogens is 220 g/mol. The maximum absolute atomic E-state index is 11.4. The molecule has 0 bridgehead atoms. The van der Waals surface area contributed by atoms with Crippen LogP contribution in [0, 0.1) is 0 Å². The lowest BCUT2D eigenvalue weighted by Gasteiger charge is -2.20. The summed E-state index contributed by atoms with van der Waals surface area (Å²) < 4.78 is 4.58. The summed E-state index contributed by atoms with van der Waals surface area (Å²) >= 11 is 0. The highest BCUT2D eigenvalue weighted by Crippen LogP contribution is 2.18. The minimum atomic E-state index is -0.145. The lowest BCUT2D eigenvalue weighted by atomic mass is 10.0. The largest absolute Gasteiger partial charge is 0.469 e. The van der Waals surface area contributed by atoms with Gasteiger partial charge >= 0.3 is 12.0 Å². The van der Waals surface area contributed by atoms with E-state index in [1.54, 1.807) is 4.90 Å². The summed E-state index contributed by atoms with van der Waals surface area (Å²) in [7, 11) is 3.24. The van der Waals surface area contributed by atoms with Crippen LogP contribution < -0.4 is 5.32 Å². The van der Waals surface area contributed by atoms with Crippen LogP contribution in [0.25, 0.3) is 0 Å². The zero-order valence-corrected chi connectivity index (χ0v) is 10.9. The average Bonchev–Trinajstić information content (AvgIpc) is 2.54. The van der Waals surface area contributed by atoms with Crippen molar-refractivity contribution in [2.75, 3.05) is 14.2 Å². The summed E-state index contributed by atoms with van der Waals surface area (Å²) in [5.74, 6) is -0.145. The second-order valence-electron chi connectivity index (χ2n) is 4.59.